The number of carbonyl (C=O) groups excluding carboxylic acids is 1. The number of methoxy groups -OCH3 is 1. The molecule has 0 saturated heterocycles. The fraction of sp³-hybridized carbons (Fsp3) is 0.174. The zero-order valence-corrected chi connectivity index (χ0v) is 16.2. The Labute approximate surface area is 166 Å². The summed E-state index contributed by atoms with van der Waals surface area (Å²) in [6, 6.07) is 15.2. The number of ether oxygens (including phenoxy) is 1. The molecular formula is C23H20F2N2O2. The van der Waals surface area contributed by atoms with E-state index in [9.17, 15) is 13.6 Å². The number of amides is 1. The molecule has 1 heterocycles. The quantitative estimate of drug-likeness (QED) is 0.470. The molecule has 0 aliphatic rings. The molecule has 0 fully saturated rings. The van der Waals surface area contributed by atoms with Crippen LogP contribution in [-0.4, -0.2) is 29.7 Å². The van der Waals surface area contributed by atoms with Gasteiger partial charge in [0, 0.05) is 30.7 Å². The highest BCUT2D eigenvalue weighted by atomic mass is 19.1. The highest BCUT2D eigenvalue weighted by Crippen LogP contribution is 2.27. The number of hydrogen-bond donors (Lipinski definition) is 0. The molecule has 0 aliphatic carbocycles. The third kappa shape index (κ3) is 3.66. The Hall–Kier alpha value is -3.41. The van der Waals surface area contributed by atoms with E-state index in [1.807, 2.05) is 29.0 Å². The molecule has 3 aromatic carbocycles. The van der Waals surface area contributed by atoms with Crippen molar-refractivity contribution < 1.29 is 18.3 Å². The number of benzene rings is 3. The normalized spacial score (nSPS) is 11.2. The molecule has 4 rings (SSSR count). The van der Waals surface area contributed by atoms with Crippen LogP contribution in [0.15, 0.2) is 60.8 Å². The SMILES string of the molecule is COC(=O)N(C)Cc1cn(Cc2cccc3ccc(F)cc23)c2ccc(F)cc12. The highest BCUT2D eigenvalue weighted by molar-refractivity contribution is 5.87. The summed E-state index contributed by atoms with van der Waals surface area (Å²) in [6.45, 7) is 0.772. The molecule has 0 unspecified atom stereocenters. The summed E-state index contributed by atoms with van der Waals surface area (Å²) in [4.78, 5) is 13.2. The minimum atomic E-state index is -0.466. The molecule has 6 heteroatoms. The van der Waals surface area contributed by atoms with Crippen LogP contribution in [0.2, 0.25) is 0 Å². The van der Waals surface area contributed by atoms with Crippen LogP contribution in [0.4, 0.5) is 13.6 Å². The van der Waals surface area contributed by atoms with E-state index in [1.165, 1.54) is 36.3 Å². The Balaban J connectivity index is 1.79. The van der Waals surface area contributed by atoms with E-state index < -0.39 is 6.09 Å². The predicted molar refractivity (Wildman–Crippen MR) is 109 cm³/mol. The van der Waals surface area contributed by atoms with Crippen LogP contribution in [0.3, 0.4) is 0 Å². The van der Waals surface area contributed by atoms with Crippen molar-refractivity contribution >= 4 is 27.8 Å². The Morgan fingerprint density at radius 3 is 2.48 bits per heavy atom. The molecule has 148 valence electrons. The van der Waals surface area contributed by atoms with Crippen molar-refractivity contribution in [2.24, 2.45) is 0 Å². The number of halogens is 2. The summed E-state index contributed by atoms with van der Waals surface area (Å²) in [5.74, 6) is -0.630. The van der Waals surface area contributed by atoms with E-state index >= 15 is 0 Å². The van der Waals surface area contributed by atoms with Crippen molar-refractivity contribution in [1.82, 2.24) is 9.47 Å². The van der Waals surface area contributed by atoms with Gasteiger partial charge in [0.1, 0.15) is 11.6 Å². The van der Waals surface area contributed by atoms with E-state index in [2.05, 4.69) is 0 Å². The topological polar surface area (TPSA) is 34.5 Å². The van der Waals surface area contributed by atoms with Crippen molar-refractivity contribution in [3.63, 3.8) is 0 Å². The number of fused-ring (bicyclic) bond motifs is 2. The van der Waals surface area contributed by atoms with Gasteiger partial charge in [-0.2, -0.15) is 0 Å². The Morgan fingerprint density at radius 2 is 1.72 bits per heavy atom. The van der Waals surface area contributed by atoms with Crippen LogP contribution < -0.4 is 0 Å². The smallest absolute Gasteiger partial charge is 0.409 e. The van der Waals surface area contributed by atoms with E-state index in [-0.39, 0.29) is 18.2 Å². The van der Waals surface area contributed by atoms with E-state index in [1.54, 1.807) is 19.2 Å². The summed E-state index contributed by atoms with van der Waals surface area (Å²) in [7, 11) is 2.95. The average Bonchev–Trinajstić information content (AvgIpc) is 3.04. The molecule has 0 saturated carbocycles. The second-order valence-corrected chi connectivity index (χ2v) is 7.05. The van der Waals surface area contributed by atoms with Crippen molar-refractivity contribution in [2.75, 3.05) is 14.2 Å². The lowest BCUT2D eigenvalue weighted by Crippen LogP contribution is -2.25. The van der Waals surface area contributed by atoms with Crippen LogP contribution in [0, 0.1) is 11.6 Å². The number of carbonyl (C=O) groups is 1. The van der Waals surface area contributed by atoms with E-state index in [0.29, 0.717) is 6.54 Å². The second-order valence-electron chi connectivity index (χ2n) is 7.05. The van der Waals surface area contributed by atoms with Gasteiger partial charge in [0.25, 0.3) is 0 Å². The standard InChI is InChI=1S/C23H20F2N2O2/c1-26(23(28)29-2)12-17-14-27(22-9-8-19(25)11-21(17)22)13-16-5-3-4-15-6-7-18(24)10-20(15)16/h3-11,14H,12-13H2,1-2H3. The fourth-order valence-electron chi connectivity index (χ4n) is 3.71. The van der Waals surface area contributed by atoms with Gasteiger partial charge in [-0.05, 0) is 52.2 Å². The maximum Gasteiger partial charge on any atom is 0.409 e. The van der Waals surface area contributed by atoms with Gasteiger partial charge in [0.15, 0.2) is 0 Å². The number of aromatic nitrogens is 1. The summed E-state index contributed by atoms with van der Waals surface area (Å²) in [5.41, 5.74) is 2.60. The Kier molecular flexibility index (Phi) is 4.92. The molecule has 1 amide bonds. The van der Waals surface area contributed by atoms with Gasteiger partial charge >= 0.3 is 6.09 Å². The number of nitrogens with zero attached hydrogens (tertiary/aromatic N) is 2. The molecule has 29 heavy (non-hydrogen) atoms. The molecule has 0 radical (unpaired) electrons. The first kappa shape index (κ1) is 18.9. The van der Waals surface area contributed by atoms with Crippen LogP contribution >= 0.6 is 0 Å². The van der Waals surface area contributed by atoms with Crippen LogP contribution in [-0.2, 0) is 17.8 Å². The summed E-state index contributed by atoms with van der Waals surface area (Å²) < 4.78 is 34.5. The second kappa shape index (κ2) is 7.54. The van der Waals surface area contributed by atoms with Gasteiger partial charge in [0.2, 0.25) is 0 Å². The van der Waals surface area contributed by atoms with Crippen LogP contribution in [0.5, 0.6) is 0 Å². The van der Waals surface area contributed by atoms with E-state index in [0.717, 1.165) is 32.8 Å². The predicted octanol–water partition coefficient (Wildman–Crippen LogP) is 5.32. The van der Waals surface area contributed by atoms with Gasteiger partial charge in [-0.1, -0.05) is 24.3 Å². The summed E-state index contributed by atoms with van der Waals surface area (Å²) in [6.07, 6.45) is 1.44. The first-order valence-electron chi connectivity index (χ1n) is 9.20. The summed E-state index contributed by atoms with van der Waals surface area (Å²) in [5, 5.41) is 2.52. The van der Waals surface area contributed by atoms with Crippen molar-refractivity contribution in [1.29, 1.82) is 0 Å². The minimum Gasteiger partial charge on any atom is -0.453 e. The molecule has 0 bridgehead atoms. The largest absolute Gasteiger partial charge is 0.453 e. The number of hydrogen-bond acceptors (Lipinski definition) is 2. The van der Waals surface area contributed by atoms with Gasteiger partial charge in [-0.15, -0.1) is 0 Å². The number of rotatable bonds is 4. The first-order valence-corrected chi connectivity index (χ1v) is 9.20. The molecule has 0 spiro atoms. The molecule has 4 nitrogen and oxygen atoms in total. The monoisotopic (exact) mass is 394 g/mol. The lowest BCUT2D eigenvalue weighted by atomic mass is 10.0. The average molecular weight is 394 g/mol. The maximum absolute atomic E-state index is 13.9. The fourth-order valence-corrected chi connectivity index (χ4v) is 3.71. The highest BCUT2D eigenvalue weighted by Gasteiger charge is 2.15. The molecule has 0 atom stereocenters. The molecule has 0 aliphatic heterocycles. The lowest BCUT2D eigenvalue weighted by molar-refractivity contribution is 0.131. The Morgan fingerprint density at radius 1 is 1.00 bits per heavy atom. The molecule has 0 N–H and O–H groups in total. The summed E-state index contributed by atoms with van der Waals surface area (Å²) >= 11 is 0. The third-order valence-corrected chi connectivity index (χ3v) is 5.09. The van der Waals surface area contributed by atoms with Gasteiger partial charge in [0.05, 0.1) is 13.7 Å². The zero-order valence-electron chi connectivity index (χ0n) is 16.2. The third-order valence-electron chi connectivity index (χ3n) is 5.09. The van der Waals surface area contributed by atoms with Gasteiger partial charge in [-0.25, -0.2) is 13.6 Å². The van der Waals surface area contributed by atoms with Crippen LogP contribution in [0.1, 0.15) is 11.1 Å². The Bertz CT molecular complexity index is 1220. The van der Waals surface area contributed by atoms with Crippen molar-refractivity contribution in [3.8, 4) is 0 Å². The lowest BCUT2D eigenvalue weighted by Gasteiger charge is -2.14. The zero-order chi connectivity index (χ0) is 20.5. The van der Waals surface area contributed by atoms with Gasteiger partial charge < -0.3 is 14.2 Å². The minimum absolute atomic E-state index is 0.282. The van der Waals surface area contributed by atoms with Crippen LogP contribution in [0.25, 0.3) is 21.7 Å². The maximum atomic E-state index is 13.9. The van der Waals surface area contributed by atoms with Crippen molar-refractivity contribution in [3.05, 3.63) is 83.6 Å². The molecular weight excluding hydrogens is 374 g/mol. The van der Waals surface area contributed by atoms with Crippen molar-refractivity contribution in [2.45, 2.75) is 13.1 Å². The van der Waals surface area contributed by atoms with Gasteiger partial charge in [-0.3, -0.25) is 0 Å². The molecule has 4 aromatic rings. The molecule has 1 aromatic heterocycles. The van der Waals surface area contributed by atoms with E-state index in [4.69, 9.17) is 4.74 Å². The first-order chi connectivity index (χ1) is 14.0.